The van der Waals surface area contributed by atoms with E-state index in [1.54, 1.807) is 0 Å². The molecule has 0 bridgehead atoms. The van der Waals surface area contributed by atoms with E-state index in [4.69, 9.17) is 23.2 Å². The van der Waals surface area contributed by atoms with E-state index in [1.165, 1.54) is 0 Å². The fraction of sp³-hybridized carbons (Fsp3) is 0.500. The number of amides is 1. The van der Waals surface area contributed by atoms with Crippen molar-refractivity contribution in [3.8, 4) is 0 Å². The molecule has 106 valence electrons. The summed E-state index contributed by atoms with van der Waals surface area (Å²) in [4.78, 5) is 11.6. The smallest absolute Gasteiger partial charge is 0.221 e. The van der Waals surface area contributed by atoms with E-state index < -0.39 is 0 Å². The lowest BCUT2D eigenvalue weighted by Crippen LogP contribution is -2.37. The van der Waals surface area contributed by atoms with E-state index in [1.807, 2.05) is 39.1 Å². The van der Waals surface area contributed by atoms with Crippen molar-refractivity contribution in [2.45, 2.75) is 25.7 Å². The second-order valence-corrected chi connectivity index (χ2v) is 5.93. The van der Waals surface area contributed by atoms with Crippen molar-refractivity contribution in [1.29, 1.82) is 0 Å². The van der Waals surface area contributed by atoms with E-state index in [9.17, 15) is 4.79 Å². The van der Waals surface area contributed by atoms with Gasteiger partial charge in [0.2, 0.25) is 5.91 Å². The number of rotatable bonds is 6. The highest BCUT2D eigenvalue weighted by Crippen LogP contribution is 2.35. The van der Waals surface area contributed by atoms with Crippen molar-refractivity contribution in [3.05, 3.63) is 33.8 Å². The highest BCUT2D eigenvalue weighted by Gasteiger charge is 2.26. The third-order valence-corrected chi connectivity index (χ3v) is 3.60. The molecule has 0 aliphatic carbocycles. The van der Waals surface area contributed by atoms with Gasteiger partial charge in [-0.25, -0.2) is 0 Å². The van der Waals surface area contributed by atoms with Gasteiger partial charge in [-0.15, -0.1) is 0 Å². The zero-order valence-corrected chi connectivity index (χ0v) is 13.0. The van der Waals surface area contributed by atoms with Crippen LogP contribution in [0.3, 0.4) is 0 Å². The summed E-state index contributed by atoms with van der Waals surface area (Å²) in [6, 6.07) is 5.44. The lowest BCUT2D eigenvalue weighted by Gasteiger charge is -2.27. The van der Waals surface area contributed by atoms with Gasteiger partial charge in [0.1, 0.15) is 0 Å². The average molecular weight is 303 g/mol. The van der Waals surface area contributed by atoms with Gasteiger partial charge in [-0.3, -0.25) is 4.79 Å². The minimum atomic E-state index is -0.315. The highest BCUT2D eigenvalue weighted by atomic mass is 35.5. The molecule has 1 amide bonds. The van der Waals surface area contributed by atoms with Gasteiger partial charge in [0.25, 0.3) is 0 Å². The lowest BCUT2D eigenvalue weighted by atomic mass is 9.84. The molecule has 0 saturated carbocycles. The summed E-state index contributed by atoms with van der Waals surface area (Å²) in [6.07, 6.45) is 0.461. The Balaban J connectivity index is 2.73. The number of benzene rings is 1. The number of carbonyl (C=O) groups is 1. The molecule has 0 aliphatic heterocycles. The van der Waals surface area contributed by atoms with Crippen molar-refractivity contribution in [2.24, 2.45) is 0 Å². The van der Waals surface area contributed by atoms with Gasteiger partial charge in [0.15, 0.2) is 0 Å². The molecule has 0 aliphatic rings. The van der Waals surface area contributed by atoms with Crippen LogP contribution in [0.4, 0.5) is 0 Å². The van der Waals surface area contributed by atoms with Gasteiger partial charge in [-0.05, 0) is 24.7 Å². The van der Waals surface area contributed by atoms with Crippen molar-refractivity contribution in [1.82, 2.24) is 10.6 Å². The Morgan fingerprint density at radius 2 is 1.84 bits per heavy atom. The quantitative estimate of drug-likeness (QED) is 0.848. The minimum Gasteiger partial charge on any atom is -0.355 e. The fourth-order valence-electron chi connectivity index (χ4n) is 1.88. The van der Waals surface area contributed by atoms with Crippen molar-refractivity contribution < 1.29 is 4.79 Å². The normalized spacial score (nSPS) is 11.4. The molecule has 0 aromatic heterocycles. The number of hydrogen-bond acceptors (Lipinski definition) is 2. The minimum absolute atomic E-state index is 0.0191. The van der Waals surface area contributed by atoms with Gasteiger partial charge in [-0.2, -0.15) is 0 Å². The summed E-state index contributed by atoms with van der Waals surface area (Å²) < 4.78 is 0. The average Bonchev–Trinajstić information content (AvgIpc) is 2.33. The summed E-state index contributed by atoms with van der Waals surface area (Å²) in [7, 11) is 1.82. The first-order valence-corrected chi connectivity index (χ1v) is 7.00. The summed E-state index contributed by atoms with van der Waals surface area (Å²) in [5.41, 5.74) is 0.553. The maximum absolute atomic E-state index is 11.6. The molecule has 0 unspecified atom stereocenters. The van der Waals surface area contributed by atoms with Crippen LogP contribution >= 0.6 is 23.2 Å². The Morgan fingerprint density at radius 3 is 2.37 bits per heavy atom. The summed E-state index contributed by atoms with van der Waals surface area (Å²) in [5, 5.41) is 7.11. The van der Waals surface area contributed by atoms with Crippen molar-refractivity contribution in [3.63, 3.8) is 0 Å². The Kier molecular flexibility index (Phi) is 6.11. The highest BCUT2D eigenvalue weighted by molar-refractivity contribution is 6.36. The Morgan fingerprint density at radius 1 is 1.26 bits per heavy atom. The van der Waals surface area contributed by atoms with Crippen LogP contribution in [-0.4, -0.2) is 26.0 Å². The molecule has 0 spiro atoms. The number of halogens is 2. The van der Waals surface area contributed by atoms with Crippen LogP contribution in [0, 0.1) is 0 Å². The van der Waals surface area contributed by atoms with Crippen LogP contribution in [0.15, 0.2) is 18.2 Å². The third kappa shape index (κ3) is 4.68. The molecule has 5 heteroatoms. The molecule has 0 atom stereocenters. The second kappa shape index (κ2) is 7.13. The summed E-state index contributed by atoms with van der Waals surface area (Å²) in [5.74, 6) is 0.0191. The standard InChI is InChI=1S/C14H20Cl2N2O/c1-14(2,9-18-12(19)7-8-17-3)13-10(15)5-4-6-11(13)16/h4-6,17H,7-9H2,1-3H3,(H,18,19). The van der Waals surface area contributed by atoms with Crippen LogP contribution in [0.5, 0.6) is 0 Å². The number of hydrogen-bond donors (Lipinski definition) is 2. The van der Waals surface area contributed by atoms with E-state index >= 15 is 0 Å². The second-order valence-electron chi connectivity index (χ2n) is 5.11. The molecule has 0 fully saturated rings. The van der Waals surface area contributed by atoms with E-state index in [0.29, 0.717) is 29.6 Å². The predicted octanol–water partition coefficient (Wildman–Crippen LogP) is 3.00. The monoisotopic (exact) mass is 302 g/mol. The SMILES string of the molecule is CNCCC(=O)NCC(C)(C)c1c(Cl)cccc1Cl. The fourth-order valence-corrected chi connectivity index (χ4v) is 2.79. The van der Waals surface area contributed by atoms with Gasteiger partial charge in [-0.1, -0.05) is 43.1 Å². The molecule has 2 N–H and O–H groups in total. The predicted molar refractivity (Wildman–Crippen MR) is 81.0 cm³/mol. The van der Waals surface area contributed by atoms with Crippen LogP contribution < -0.4 is 10.6 Å². The maximum Gasteiger partial charge on any atom is 0.221 e. The topological polar surface area (TPSA) is 41.1 Å². The van der Waals surface area contributed by atoms with Crippen molar-refractivity contribution in [2.75, 3.05) is 20.1 Å². The third-order valence-electron chi connectivity index (χ3n) is 2.97. The molecule has 1 rings (SSSR count). The molecule has 3 nitrogen and oxygen atoms in total. The molecular weight excluding hydrogens is 283 g/mol. The van der Waals surface area contributed by atoms with Crippen LogP contribution in [-0.2, 0) is 10.2 Å². The zero-order chi connectivity index (χ0) is 14.5. The Bertz CT molecular complexity index is 427. The molecule has 0 heterocycles. The molecule has 19 heavy (non-hydrogen) atoms. The Labute approximate surface area is 124 Å². The number of carbonyl (C=O) groups excluding carboxylic acids is 1. The largest absolute Gasteiger partial charge is 0.355 e. The van der Waals surface area contributed by atoms with Gasteiger partial charge in [0, 0.05) is 35.0 Å². The van der Waals surface area contributed by atoms with Gasteiger partial charge in [0.05, 0.1) is 0 Å². The lowest BCUT2D eigenvalue weighted by molar-refractivity contribution is -0.121. The van der Waals surface area contributed by atoms with E-state index in [-0.39, 0.29) is 11.3 Å². The van der Waals surface area contributed by atoms with Gasteiger partial charge >= 0.3 is 0 Å². The van der Waals surface area contributed by atoms with Crippen LogP contribution in [0.25, 0.3) is 0 Å². The summed E-state index contributed by atoms with van der Waals surface area (Å²) >= 11 is 12.4. The molecule has 1 aromatic rings. The first-order chi connectivity index (χ1) is 8.88. The van der Waals surface area contributed by atoms with E-state index in [0.717, 1.165) is 5.56 Å². The maximum atomic E-state index is 11.6. The molecular formula is C14H20Cl2N2O. The Hall–Kier alpha value is -0.770. The first-order valence-electron chi connectivity index (χ1n) is 6.24. The molecule has 1 aromatic carbocycles. The van der Waals surface area contributed by atoms with Crippen LogP contribution in [0.2, 0.25) is 10.0 Å². The summed E-state index contributed by atoms with van der Waals surface area (Å²) in [6.45, 7) is 5.19. The first kappa shape index (κ1) is 16.3. The van der Waals surface area contributed by atoms with Gasteiger partial charge < -0.3 is 10.6 Å². The van der Waals surface area contributed by atoms with E-state index in [2.05, 4.69) is 10.6 Å². The van der Waals surface area contributed by atoms with Crippen molar-refractivity contribution >= 4 is 29.1 Å². The van der Waals surface area contributed by atoms with Crippen LogP contribution in [0.1, 0.15) is 25.8 Å². The molecule has 0 saturated heterocycles. The number of nitrogens with one attached hydrogen (secondary N) is 2. The zero-order valence-electron chi connectivity index (χ0n) is 11.5. The molecule has 0 radical (unpaired) electrons.